The molecule has 2 N–H and O–H groups in total. The third-order valence-corrected chi connectivity index (χ3v) is 3.77. The summed E-state index contributed by atoms with van der Waals surface area (Å²) in [5.74, 6) is -1.49. The molecular weight excluding hydrogens is 266 g/mol. The molecule has 0 spiro atoms. The smallest absolute Gasteiger partial charge is 0.326 e. The van der Waals surface area contributed by atoms with Crippen LogP contribution in [0.25, 0.3) is 0 Å². The molecule has 0 bridgehead atoms. The van der Waals surface area contributed by atoms with Crippen molar-refractivity contribution in [1.82, 2.24) is 14.9 Å². The quantitative estimate of drug-likeness (QED) is 0.832. The number of hydrogen-bond donors (Lipinski definition) is 2. The highest BCUT2D eigenvalue weighted by Gasteiger charge is 2.28. The Kier molecular flexibility index (Phi) is 5.41. The maximum absolute atomic E-state index is 12.1. The minimum absolute atomic E-state index is 0.0753. The first-order chi connectivity index (χ1) is 8.88. The Bertz CT molecular complexity index is 459. The van der Waals surface area contributed by atoms with Gasteiger partial charge in [0.1, 0.15) is 10.9 Å². The summed E-state index contributed by atoms with van der Waals surface area (Å²) in [6, 6.07) is -0.889. The van der Waals surface area contributed by atoms with E-state index in [1.54, 1.807) is 6.92 Å². The Balaban J connectivity index is 2.88. The van der Waals surface area contributed by atoms with Gasteiger partial charge in [0.05, 0.1) is 5.69 Å². The number of hydrogen-bond acceptors (Lipinski definition) is 5. The molecule has 0 aliphatic heterocycles. The van der Waals surface area contributed by atoms with Crippen LogP contribution in [0, 0.1) is 5.92 Å². The van der Waals surface area contributed by atoms with Gasteiger partial charge >= 0.3 is 5.97 Å². The molecule has 0 aromatic carbocycles. The lowest BCUT2D eigenvalue weighted by Crippen LogP contribution is -2.45. The van der Waals surface area contributed by atoms with E-state index in [0.717, 1.165) is 11.5 Å². The number of nitrogens with zero attached hydrogens (tertiary/aromatic N) is 2. The van der Waals surface area contributed by atoms with E-state index in [0.29, 0.717) is 17.0 Å². The van der Waals surface area contributed by atoms with Gasteiger partial charge in [0.2, 0.25) is 0 Å². The predicted octanol–water partition coefficient (Wildman–Crippen LogP) is 1.89. The first-order valence-electron chi connectivity index (χ1n) is 6.24. The average Bonchev–Trinajstić information content (AvgIpc) is 2.83. The number of rotatable bonds is 6. The number of amides is 1. The van der Waals surface area contributed by atoms with Crippen molar-refractivity contribution in [2.45, 2.75) is 46.1 Å². The van der Waals surface area contributed by atoms with Gasteiger partial charge in [-0.25, -0.2) is 4.79 Å². The van der Waals surface area contributed by atoms with Gasteiger partial charge in [-0.05, 0) is 23.4 Å². The monoisotopic (exact) mass is 285 g/mol. The van der Waals surface area contributed by atoms with Crippen molar-refractivity contribution in [3.63, 3.8) is 0 Å². The van der Waals surface area contributed by atoms with E-state index >= 15 is 0 Å². The Hall–Kier alpha value is -1.50. The third kappa shape index (κ3) is 3.73. The van der Waals surface area contributed by atoms with E-state index in [4.69, 9.17) is 5.11 Å². The highest BCUT2D eigenvalue weighted by atomic mass is 32.1. The van der Waals surface area contributed by atoms with E-state index in [1.807, 2.05) is 20.8 Å². The zero-order valence-electron chi connectivity index (χ0n) is 11.5. The largest absolute Gasteiger partial charge is 0.480 e. The number of carbonyl (C=O) groups excluding carboxylic acids is 1. The van der Waals surface area contributed by atoms with Crippen LogP contribution in [0.2, 0.25) is 0 Å². The summed E-state index contributed by atoms with van der Waals surface area (Å²) < 4.78 is 3.77. The van der Waals surface area contributed by atoms with Gasteiger partial charge in [-0.15, -0.1) is 5.10 Å². The van der Waals surface area contributed by atoms with Crippen LogP contribution in [0.3, 0.4) is 0 Å². The van der Waals surface area contributed by atoms with E-state index in [9.17, 15) is 9.59 Å². The van der Waals surface area contributed by atoms with Crippen molar-refractivity contribution < 1.29 is 14.7 Å². The van der Waals surface area contributed by atoms with Crippen molar-refractivity contribution in [3.8, 4) is 0 Å². The summed E-state index contributed by atoms with van der Waals surface area (Å²) in [5.41, 5.74) is 0.607. The second-order valence-electron chi connectivity index (χ2n) is 4.82. The van der Waals surface area contributed by atoms with Crippen LogP contribution in [0.5, 0.6) is 0 Å². The standard InChI is InChI=1S/C12H19N3O3S/c1-5-7(4)9(12(17)18)13-11(16)10-8(6(2)3)14-15-19-10/h6-7,9H,5H2,1-4H3,(H,13,16)(H,17,18)/t7?,9-/m0/s1. The van der Waals surface area contributed by atoms with E-state index in [-0.39, 0.29) is 11.8 Å². The SMILES string of the molecule is CCC(C)[C@H](NC(=O)c1snnc1C(C)C)C(=O)O. The molecule has 1 aromatic rings. The molecule has 106 valence electrons. The number of carbonyl (C=O) groups is 2. The molecule has 0 fully saturated rings. The van der Waals surface area contributed by atoms with Crippen molar-refractivity contribution in [2.75, 3.05) is 0 Å². The minimum atomic E-state index is -1.02. The van der Waals surface area contributed by atoms with Crippen molar-refractivity contribution in [3.05, 3.63) is 10.6 Å². The highest BCUT2D eigenvalue weighted by molar-refractivity contribution is 7.08. The highest BCUT2D eigenvalue weighted by Crippen LogP contribution is 2.20. The second-order valence-corrected chi connectivity index (χ2v) is 5.57. The zero-order chi connectivity index (χ0) is 14.6. The summed E-state index contributed by atoms with van der Waals surface area (Å²) in [7, 11) is 0. The first-order valence-corrected chi connectivity index (χ1v) is 7.01. The number of aliphatic carboxylic acids is 1. The Morgan fingerprint density at radius 1 is 1.37 bits per heavy atom. The molecule has 1 aromatic heterocycles. The van der Waals surface area contributed by atoms with Crippen LogP contribution < -0.4 is 5.32 Å². The van der Waals surface area contributed by atoms with Gasteiger partial charge in [-0.1, -0.05) is 38.6 Å². The molecule has 1 amide bonds. The molecule has 7 heteroatoms. The summed E-state index contributed by atoms with van der Waals surface area (Å²) in [6.07, 6.45) is 0.676. The van der Waals surface area contributed by atoms with E-state index in [1.165, 1.54) is 0 Å². The number of nitrogens with one attached hydrogen (secondary N) is 1. The number of aromatic nitrogens is 2. The van der Waals surface area contributed by atoms with Gasteiger partial charge in [0, 0.05) is 0 Å². The van der Waals surface area contributed by atoms with Crippen LogP contribution in [0.1, 0.15) is 55.4 Å². The molecule has 1 rings (SSSR count). The Labute approximate surface area is 116 Å². The molecule has 2 atom stereocenters. The molecule has 0 aliphatic carbocycles. The molecule has 6 nitrogen and oxygen atoms in total. The van der Waals surface area contributed by atoms with Crippen molar-refractivity contribution in [1.29, 1.82) is 0 Å². The Morgan fingerprint density at radius 2 is 2.00 bits per heavy atom. The van der Waals surface area contributed by atoms with Gasteiger partial charge in [-0.3, -0.25) is 4.79 Å². The topological polar surface area (TPSA) is 92.2 Å². The third-order valence-electron chi connectivity index (χ3n) is 3.03. The van der Waals surface area contributed by atoms with Crippen LogP contribution in [-0.2, 0) is 4.79 Å². The summed E-state index contributed by atoms with van der Waals surface area (Å²) >= 11 is 0.993. The lowest BCUT2D eigenvalue weighted by molar-refractivity contribution is -0.140. The normalized spacial score (nSPS) is 14.2. The second kappa shape index (κ2) is 6.60. The minimum Gasteiger partial charge on any atom is -0.480 e. The number of carboxylic acids is 1. The van der Waals surface area contributed by atoms with Crippen LogP contribution in [0.4, 0.5) is 0 Å². The van der Waals surface area contributed by atoms with Gasteiger partial charge in [0.15, 0.2) is 0 Å². The average molecular weight is 285 g/mol. The molecule has 19 heavy (non-hydrogen) atoms. The van der Waals surface area contributed by atoms with E-state index < -0.39 is 17.9 Å². The van der Waals surface area contributed by atoms with Crippen LogP contribution in [-0.4, -0.2) is 32.6 Å². The van der Waals surface area contributed by atoms with Crippen molar-refractivity contribution >= 4 is 23.4 Å². The molecular formula is C12H19N3O3S. The van der Waals surface area contributed by atoms with Crippen LogP contribution in [0.15, 0.2) is 0 Å². The molecule has 0 aliphatic rings. The summed E-state index contributed by atoms with van der Waals surface area (Å²) in [5, 5.41) is 15.6. The van der Waals surface area contributed by atoms with Gasteiger partial charge in [0.25, 0.3) is 5.91 Å². The Morgan fingerprint density at radius 3 is 2.47 bits per heavy atom. The summed E-state index contributed by atoms with van der Waals surface area (Å²) in [4.78, 5) is 23.7. The first kappa shape index (κ1) is 15.6. The fraction of sp³-hybridized carbons (Fsp3) is 0.667. The van der Waals surface area contributed by atoms with Crippen molar-refractivity contribution in [2.24, 2.45) is 5.92 Å². The fourth-order valence-corrected chi connectivity index (χ4v) is 2.35. The van der Waals surface area contributed by atoms with Gasteiger partial charge in [-0.2, -0.15) is 0 Å². The molecule has 0 saturated heterocycles. The molecule has 1 unspecified atom stereocenters. The molecule has 0 saturated carbocycles. The van der Waals surface area contributed by atoms with E-state index in [2.05, 4.69) is 14.9 Å². The van der Waals surface area contributed by atoms with Crippen LogP contribution >= 0.6 is 11.5 Å². The number of carboxylic acid groups (broad SMARTS) is 1. The molecule has 1 heterocycles. The molecule has 0 radical (unpaired) electrons. The maximum atomic E-state index is 12.1. The summed E-state index contributed by atoms with van der Waals surface area (Å²) in [6.45, 7) is 7.52. The lowest BCUT2D eigenvalue weighted by atomic mass is 9.99. The predicted molar refractivity (Wildman–Crippen MR) is 72.3 cm³/mol. The zero-order valence-corrected chi connectivity index (χ0v) is 12.3. The van der Waals surface area contributed by atoms with Gasteiger partial charge < -0.3 is 10.4 Å². The lowest BCUT2D eigenvalue weighted by Gasteiger charge is -2.19. The fourth-order valence-electron chi connectivity index (χ4n) is 1.62. The maximum Gasteiger partial charge on any atom is 0.326 e.